The van der Waals surface area contributed by atoms with Gasteiger partial charge in [-0.15, -0.1) is 0 Å². The van der Waals surface area contributed by atoms with Gasteiger partial charge < -0.3 is 4.90 Å². The summed E-state index contributed by atoms with van der Waals surface area (Å²) < 4.78 is 38.9. The molecule has 4 nitrogen and oxygen atoms in total. The van der Waals surface area contributed by atoms with E-state index in [1.807, 2.05) is 31.2 Å². The largest absolute Gasteiger partial charge is 0.435 e. The molecule has 1 N–H and O–H groups in total. The molecule has 2 aromatic rings. The number of fused-ring (bicyclic) bond motifs is 1. The van der Waals surface area contributed by atoms with Crippen molar-refractivity contribution in [2.24, 2.45) is 0 Å². The number of alkyl halides is 3. The van der Waals surface area contributed by atoms with E-state index in [2.05, 4.69) is 10.2 Å². The van der Waals surface area contributed by atoms with E-state index in [0.717, 1.165) is 11.1 Å². The minimum atomic E-state index is -4.51. The summed E-state index contributed by atoms with van der Waals surface area (Å²) in [6.45, 7) is 2.26. The van der Waals surface area contributed by atoms with Gasteiger partial charge in [-0.05, 0) is 18.1 Å². The van der Waals surface area contributed by atoms with E-state index in [1.54, 1.807) is 0 Å². The molecule has 7 heteroatoms. The molecule has 0 bridgehead atoms. The number of halogens is 3. The molecule has 0 fully saturated rings. The molecule has 1 amide bonds. The van der Waals surface area contributed by atoms with E-state index in [0.29, 0.717) is 18.7 Å². The summed E-state index contributed by atoms with van der Waals surface area (Å²) in [6, 6.07) is 7.51. The Morgan fingerprint density at radius 3 is 2.78 bits per heavy atom. The van der Waals surface area contributed by atoms with Crippen LogP contribution in [0.4, 0.5) is 13.2 Å². The molecular formula is C16H16F3N3O. The van der Waals surface area contributed by atoms with Gasteiger partial charge in [0.05, 0.1) is 6.42 Å². The Balaban J connectivity index is 1.78. The number of aryl methyl sites for hydroxylation is 1. The number of aromatic amines is 1. The van der Waals surface area contributed by atoms with Gasteiger partial charge in [0.1, 0.15) is 0 Å². The summed E-state index contributed by atoms with van der Waals surface area (Å²) >= 11 is 0. The lowest BCUT2D eigenvalue weighted by Gasteiger charge is -2.27. The van der Waals surface area contributed by atoms with Gasteiger partial charge in [0.2, 0.25) is 5.91 Å². The molecule has 23 heavy (non-hydrogen) atoms. The van der Waals surface area contributed by atoms with Crippen molar-refractivity contribution in [3.63, 3.8) is 0 Å². The molecule has 122 valence electrons. The van der Waals surface area contributed by atoms with E-state index in [4.69, 9.17) is 0 Å². The number of aromatic nitrogens is 2. The van der Waals surface area contributed by atoms with E-state index in [1.165, 1.54) is 4.90 Å². The molecule has 0 atom stereocenters. The topological polar surface area (TPSA) is 49.0 Å². The molecule has 0 spiro atoms. The average molecular weight is 323 g/mol. The van der Waals surface area contributed by atoms with Crippen LogP contribution in [0.1, 0.15) is 28.1 Å². The zero-order valence-electron chi connectivity index (χ0n) is 12.6. The Bertz CT molecular complexity index is 736. The number of amides is 1. The second-order valence-electron chi connectivity index (χ2n) is 5.70. The fourth-order valence-electron chi connectivity index (χ4n) is 2.83. The molecule has 0 saturated heterocycles. The quantitative estimate of drug-likeness (QED) is 0.924. The normalized spacial score (nSPS) is 14.7. The molecule has 1 aliphatic heterocycles. The SMILES string of the molecule is Cc1ccccc1CC(=O)N1CCc2[nH]nc(C(F)(F)F)c2C1. The Hall–Kier alpha value is -2.31. The predicted molar refractivity (Wildman–Crippen MR) is 77.6 cm³/mol. The summed E-state index contributed by atoms with van der Waals surface area (Å²) in [4.78, 5) is 13.9. The first-order valence-corrected chi connectivity index (χ1v) is 7.32. The van der Waals surface area contributed by atoms with Gasteiger partial charge >= 0.3 is 6.18 Å². The van der Waals surface area contributed by atoms with Crippen LogP contribution >= 0.6 is 0 Å². The number of hydrogen-bond donors (Lipinski definition) is 1. The van der Waals surface area contributed by atoms with Crippen LogP contribution in [0.5, 0.6) is 0 Å². The van der Waals surface area contributed by atoms with Crippen molar-refractivity contribution in [1.82, 2.24) is 15.1 Å². The molecular weight excluding hydrogens is 307 g/mol. The third kappa shape index (κ3) is 3.09. The fraction of sp³-hybridized carbons (Fsp3) is 0.375. The van der Waals surface area contributed by atoms with Crippen LogP contribution in [-0.4, -0.2) is 27.5 Å². The van der Waals surface area contributed by atoms with Crippen molar-refractivity contribution >= 4 is 5.91 Å². The maximum absolute atomic E-state index is 13.0. The van der Waals surface area contributed by atoms with Crippen LogP contribution in [0.15, 0.2) is 24.3 Å². The molecule has 1 aromatic carbocycles. The number of nitrogens with zero attached hydrogens (tertiary/aromatic N) is 2. The smallest absolute Gasteiger partial charge is 0.338 e. The average Bonchev–Trinajstić information content (AvgIpc) is 2.92. The molecule has 0 radical (unpaired) electrons. The van der Waals surface area contributed by atoms with E-state index in [9.17, 15) is 18.0 Å². The van der Waals surface area contributed by atoms with Crippen LogP contribution < -0.4 is 0 Å². The zero-order valence-corrected chi connectivity index (χ0v) is 12.6. The second kappa shape index (κ2) is 5.72. The van der Waals surface area contributed by atoms with E-state index in [-0.39, 0.29) is 24.4 Å². The molecule has 2 heterocycles. The number of hydrogen-bond acceptors (Lipinski definition) is 2. The third-order valence-electron chi connectivity index (χ3n) is 4.16. The number of nitrogens with one attached hydrogen (secondary N) is 1. The van der Waals surface area contributed by atoms with Crippen molar-refractivity contribution in [1.29, 1.82) is 0 Å². The Labute approximate surface area is 131 Å². The van der Waals surface area contributed by atoms with Crippen molar-refractivity contribution in [2.45, 2.75) is 32.5 Å². The van der Waals surface area contributed by atoms with Crippen molar-refractivity contribution < 1.29 is 18.0 Å². The first-order chi connectivity index (χ1) is 10.9. The minimum absolute atomic E-state index is 0.0502. The summed E-state index contributed by atoms with van der Waals surface area (Å²) in [7, 11) is 0. The van der Waals surface area contributed by atoms with Gasteiger partial charge in [-0.1, -0.05) is 24.3 Å². The summed E-state index contributed by atoms with van der Waals surface area (Å²) in [5.74, 6) is -0.167. The van der Waals surface area contributed by atoms with Crippen LogP contribution in [0, 0.1) is 6.92 Å². The Morgan fingerprint density at radius 1 is 1.35 bits per heavy atom. The van der Waals surface area contributed by atoms with Crippen LogP contribution in [0.25, 0.3) is 0 Å². The van der Waals surface area contributed by atoms with Crippen LogP contribution in [0.3, 0.4) is 0 Å². The van der Waals surface area contributed by atoms with Gasteiger partial charge in [-0.2, -0.15) is 18.3 Å². The lowest BCUT2D eigenvalue weighted by molar-refractivity contribution is -0.143. The number of rotatable bonds is 2. The molecule has 0 aliphatic carbocycles. The third-order valence-corrected chi connectivity index (χ3v) is 4.16. The van der Waals surface area contributed by atoms with Gasteiger partial charge in [-0.3, -0.25) is 9.89 Å². The molecule has 1 aromatic heterocycles. The van der Waals surface area contributed by atoms with Gasteiger partial charge in [0.25, 0.3) is 0 Å². The zero-order chi connectivity index (χ0) is 16.6. The Morgan fingerprint density at radius 2 is 2.09 bits per heavy atom. The van der Waals surface area contributed by atoms with Crippen molar-refractivity contribution in [2.75, 3.05) is 6.54 Å². The highest BCUT2D eigenvalue weighted by molar-refractivity contribution is 5.79. The highest BCUT2D eigenvalue weighted by Crippen LogP contribution is 2.34. The fourth-order valence-corrected chi connectivity index (χ4v) is 2.83. The maximum atomic E-state index is 13.0. The molecule has 3 rings (SSSR count). The molecule has 0 saturated carbocycles. The van der Waals surface area contributed by atoms with Crippen molar-refractivity contribution in [3.05, 3.63) is 52.3 Å². The van der Waals surface area contributed by atoms with Crippen LogP contribution in [0.2, 0.25) is 0 Å². The van der Waals surface area contributed by atoms with E-state index < -0.39 is 11.9 Å². The van der Waals surface area contributed by atoms with Crippen LogP contribution in [-0.2, 0) is 30.4 Å². The molecule has 1 aliphatic rings. The monoisotopic (exact) mass is 323 g/mol. The second-order valence-corrected chi connectivity index (χ2v) is 5.70. The van der Waals surface area contributed by atoms with Crippen molar-refractivity contribution in [3.8, 4) is 0 Å². The first kappa shape index (κ1) is 15.6. The molecule has 0 unspecified atom stereocenters. The first-order valence-electron chi connectivity index (χ1n) is 7.32. The van der Waals surface area contributed by atoms with E-state index >= 15 is 0 Å². The number of H-pyrrole nitrogens is 1. The lowest BCUT2D eigenvalue weighted by Crippen LogP contribution is -2.37. The maximum Gasteiger partial charge on any atom is 0.435 e. The highest BCUT2D eigenvalue weighted by Gasteiger charge is 2.39. The summed E-state index contributed by atoms with van der Waals surface area (Å²) in [5.41, 5.74) is 1.53. The summed E-state index contributed by atoms with van der Waals surface area (Å²) in [5, 5.41) is 5.82. The minimum Gasteiger partial charge on any atom is -0.338 e. The Kier molecular flexibility index (Phi) is 3.87. The van der Waals surface area contributed by atoms with Gasteiger partial charge in [0, 0.05) is 30.8 Å². The number of benzene rings is 1. The lowest BCUT2D eigenvalue weighted by atomic mass is 10.0. The predicted octanol–water partition coefficient (Wildman–Crippen LogP) is 2.86. The standard InChI is InChI=1S/C16H16F3N3O/c1-10-4-2-3-5-11(10)8-14(23)22-7-6-13-12(9-22)15(21-20-13)16(17,18)19/h2-5H,6-9H2,1H3,(H,20,21). The summed E-state index contributed by atoms with van der Waals surface area (Å²) in [6.07, 6.45) is -3.95. The van der Waals surface area contributed by atoms with Gasteiger partial charge in [0.15, 0.2) is 5.69 Å². The number of carbonyl (C=O) groups is 1. The highest BCUT2D eigenvalue weighted by atomic mass is 19.4. The number of carbonyl (C=O) groups excluding carboxylic acids is 1. The van der Waals surface area contributed by atoms with Gasteiger partial charge in [-0.25, -0.2) is 0 Å².